The highest BCUT2D eigenvalue weighted by atomic mass is 32.1. The molecule has 2 aromatic rings. The zero-order valence-electron chi connectivity index (χ0n) is 10.4. The number of hydrazine groups is 1. The normalized spacial score (nSPS) is 25.9. The minimum Gasteiger partial charge on any atom is -0.374 e. The number of nitrogens with two attached hydrogens (primary N) is 1. The molecule has 1 saturated heterocycles. The Morgan fingerprint density at radius 1 is 1.67 bits per heavy atom. The summed E-state index contributed by atoms with van der Waals surface area (Å²) in [5.41, 5.74) is 3.94. The molecule has 0 bridgehead atoms. The van der Waals surface area contributed by atoms with E-state index in [1.807, 2.05) is 16.0 Å². The summed E-state index contributed by atoms with van der Waals surface area (Å²) in [4.78, 5) is 5.61. The molecular formula is C12H18N4OS. The highest BCUT2D eigenvalue weighted by Gasteiger charge is 2.29. The van der Waals surface area contributed by atoms with Crippen molar-refractivity contribution in [2.24, 2.45) is 5.84 Å². The number of nitrogens with zero attached hydrogens (tertiary/aromatic N) is 2. The van der Waals surface area contributed by atoms with Gasteiger partial charge in [-0.25, -0.2) is 4.98 Å². The second-order valence-corrected chi connectivity index (χ2v) is 5.74. The van der Waals surface area contributed by atoms with Gasteiger partial charge >= 0.3 is 0 Å². The Morgan fingerprint density at radius 3 is 3.22 bits per heavy atom. The van der Waals surface area contributed by atoms with E-state index >= 15 is 0 Å². The molecule has 5 nitrogen and oxygen atoms in total. The van der Waals surface area contributed by atoms with Gasteiger partial charge in [-0.1, -0.05) is 0 Å². The first kappa shape index (κ1) is 12.1. The lowest BCUT2D eigenvalue weighted by atomic mass is 10.0. The van der Waals surface area contributed by atoms with Crippen molar-refractivity contribution in [3.63, 3.8) is 0 Å². The molecular weight excluding hydrogens is 248 g/mol. The summed E-state index contributed by atoms with van der Waals surface area (Å²) in [6, 6.07) is 0.138. The molecule has 3 N–H and O–H groups in total. The van der Waals surface area contributed by atoms with Crippen LogP contribution in [0.4, 0.5) is 0 Å². The average Bonchev–Trinajstić information content (AvgIpc) is 3.00. The molecule has 0 aromatic carbocycles. The van der Waals surface area contributed by atoms with E-state index in [1.165, 1.54) is 0 Å². The molecule has 1 aliphatic rings. The molecule has 0 aliphatic carbocycles. The number of imidazole rings is 1. The number of rotatable bonds is 4. The lowest BCUT2D eigenvalue weighted by Gasteiger charge is -2.21. The van der Waals surface area contributed by atoms with Crippen molar-refractivity contribution in [3.8, 4) is 0 Å². The van der Waals surface area contributed by atoms with E-state index in [-0.39, 0.29) is 12.1 Å². The minimum absolute atomic E-state index is 0.138. The van der Waals surface area contributed by atoms with E-state index < -0.39 is 0 Å². The number of aromatic nitrogens is 2. The smallest absolute Gasteiger partial charge is 0.193 e. The van der Waals surface area contributed by atoms with E-state index in [1.54, 1.807) is 11.3 Å². The SMILES string of the molecule is CC1CCC(C(Cc2cn3ccsc3n2)NN)O1. The van der Waals surface area contributed by atoms with Crippen molar-refractivity contribution in [2.45, 2.75) is 44.4 Å². The lowest BCUT2D eigenvalue weighted by molar-refractivity contribution is 0.0319. The summed E-state index contributed by atoms with van der Waals surface area (Å²) in [7, 11) is 0. The van der Waals surface area contributed by atoms with Crippen LogP contribution in [0.2, 0.25) is 0 Å². The fraction of sp³-hybridized carbons (Fsp3) is 0.583. The average molecular weight is 266 g/mol. The fourth-order valence-electron chi connectivity index (χ4n) is 2.53. The summed E-state index contributed by atoms with van der Waals surface area (Å²) < 4.78 is 7.91. The predicted molar refractivity (Wildman–Crippen MR) is 71.5 cm³/mol. The Bertz CT molecular complexity index is 494. The number of ether oxygens (including phenoxy) is 1. The first-order chi connectivity index (χ1) is 8.76. The van der Waals surface area contributed by atoms with Crippen LogP contribution >= 0.6 is 11.3 Å². The summed E-state index contributed by atoms with van der Waals surface area (Å²) in [5.74, 6) is 5.65. The Kier molecular flexibility index (Phi) is 3.34. The number of hydrogen-bond donors (Lipinski definition) is 2. The van der Waals surface area contributed by atoms with Gasteiger partial charge in [0.25, 0.3) is 0 Å². The molecule has 1 fully saturated rings. The third-order valence-corrected chi connectivity index (χ3v) is 4.27. The van der Waals surface area contributed by atoms with Crippen molar-refractivity contribution >= 4 is 16.3 Å². The van der Waals surface area contributed by atoms with E-state index in [9.17, 15) is 0 Å². The maximum atomic E-state index is 5.87. The maximum Gasteiger partial charge on any atom is 0.193 e. The quantitative estimate of drug-likeness (QED) is 0.647. The third kappa shape index (κ3) is 2.29. The second-order valence-electron chi connectivity index (χ2n) is 4.86. The topological polar surface area (TPSA) is 64.6 Å². The largest absolute Gasteiger partial charge is 0.374 e. The monoisotopic (exact) mass is 266 g/mol. The molecule has 3 rings (SSSR count). The van der Waals surface area contributed by atoms with Gasteiger partial charge in [-0.2, -0.15) is 0 Å². The van der Waals surface area contributed by atoms with E-state index in [2.05, 4.69) is 23.5 Å². The first-order valence-corrected chi connectivity index (χ1v) is 7.17. The molecule has 0 spiro atoms. The van der Waals surface area contributed by atoms with Crippen molar-refractivity contribution < 1.29 is 4.74 Å². The van der Waals surface area contributed by atoms with Crippen LogP contribution in [-0.2, 0) is 11.2 Å². The molecule has 3 atom stereocenters. The van der Waals surface area contributed by atoms with Crippen molar-refractivity contribution in [1.82, 2.24) is 14.8 Å². The molecule has 6 heteroatoms. The van der Waals surface area contributed by atoms with Gasteiger partial charge in [0.1, 0.15) is 0 Å². The standard InChI is InChI=1S/C12H18N4OS/c1-8-2-3-11(17-8)10(15-13)6-9-7-16-4-5-18-12(16)14-9/h4-5,7-8,10-11,15H,2-3,6,13H2,1H3. The zero-order valence-corrected chi connectivity index (χ0v) is 11.2. The number of nitrogens with one attached hydrogen (secondary N) is 1. The molecule has 1 aliphatic heterocycles. The number of hydrogen-bond acceptors (Lipinski definition) is 5. The van der Waals surface area contributed by atoms with E-state index in [0.717, 1.165) is 29.9 Å². The minimum atomic E-state index is 0.138. The summed E-state index contributed by atoms with van der Waals surface area (Å²) in [5, 5.41) is 2.03. The van der Waals surface area contributed by atoms with Gasteiger partial charge in [0.2, 0.25) is 0 Å². The Balaban J connectivity index is 1.71. The van der Waals surface area contributed by atoms with Gasteiger partial charge in [0.15, 0.2) is 4.96 Å². The summed E-state index contributed by atoms with van der Waals surface area (Å²) in [6.45, 7) is 2.11. The van der Waals surface area contributed by atoms with Crippen LogP contribution in [0.3, 0.4) is 0 Å². The van der Waals surface area contributed by atoms with Crippen LogP contribution in [0, 0.1) is 0 Å². The second kappa shape index (κ2) is 4.97. The molecule has 18 heavy (non-hydrogen) atoms. The Morgan fingerprint density at radius 2 is 2.56 bits per heavy atom. The Hall–Kier alpha value is -0.950. The van der Waals surface area contributed by atoms with Crippen LogP contribution in [-0.4, -0.2) is 27.6 Å². The lowest BCUT2D eigenvalue weighted by Crippen LogP contribution is -2.45. The van der Waals surface area contributed by atoms with E-state index in [0.29, 0.717) is 6.10 Å². The van der Waals surface area contributed by atoms with Gasteiger partial charge in [-0.3, -0.25) is 15.7 Å². The molecule has 3 unspecified atom stereocenters. The Labute approximate surface area is 110 Å². The molecule has 0 radical (unpaired) electrons. The predicted octanol–water partition coefficient (Wildman–Crippen LogP) is 1.34. The van der Waals surface area contributed by atoms with Gasteiger partial charge in [-0.05, 0) is 19.8 Å². The van der Waals surface area contributed by atoms with Gasteiger partial charge in [0, 0.05) is 24.2 Å². The molecule has 98 valence electrons. The highest BCUT2D eigenvalue weighted by molar-refractivity contribution is 7.15. The van der Waals surface area contributed by atoms with Gasteiger partial charge in [-0.15, -0.1) is 11.3 Å². The molecule has 2 aromatic heterocycles. The van der Waals surface area contributed by atoms with Crippen LogP contribution in [0.1, 0.15) is 25.5 Å². The number of fused-ring (bicyclic) bond motifs is 1. The highest BCUT2D eigenvalue weighted by Crippen LogP contribution is 2.23. The zero-order chi connectivity index (χ0) is 12.5. The third-order valence-electron chi connectivity index (χ3n) is 3.50. The van der Waals surface area contributed by atoms with Gasteiger partial charge in [0.05, 0.1) is 23.9 Å². The molecule has 0 saturated carbocycles. The molecule has 0 amide bonds. The van der Waals surface area contributed by atoms with Gasteiger partial charge < -0.3 is 4.74 Å². The maximum absolute atomic E-state index is 5.87. The number of thiazole rings is 1. The van der Waals surface area contributed by atoms with Crippen LogP contribution in [0.15, 0.2) is 17.8 Å². The summed E-state index contributed by atoms with van der Waals surface area (Å²) >= 11 is 1.64. The van der Waals surface area contributed by atoms with E-state index in [4.69, 9.17) is 10.6 Å². The molecule has 3 heterocycles. The first-order valence-electron chi connectivity index (χ1n) is 6.29. The fourth-order valence-corrected chi connectivity index (χ4v) is 3.25. The summed E-state index contributed by atoms with van der Waals surface area (Å²) in [6.07, 6.45) is 7.62. The van der Waals surface area contributed by atoms with Crippen molar-refractivity contribution in [3.05, 3.63) is 23.5 Å². The van der Waals surface area contributed by atoms with Crippen LogP contribution in [0.25, 0.3) is 4.96 Å². The van der Waals surface area contributed by atoms with Crippen LogP contribution < -0.4 is 11.3 Å². The van der Waals surface area contributed by atoms with Crippen LogP contribution in [0.5, 0.6) is 0 Å². The van der Waals surface area contributed by atoms with Crippen molar-refractivity contribution in [2.75, 3.05) is 0 Å². The van der Waals surface area contributed by atoms with Crippen molar-refractivity contribution in [1.29, 1.82) is 0 Å².